The van der Waals surface area contributed by atoms with Crippen molar-refractivity contribution in [3.63, 3.8) is 0 Å². The third-order valence-corrected chi connectivity index (χ3v) is 6.59. The Labute approximate surface area is 234 Å². The fourth-order valence-corrected chi connectivity index (χ4v) is 4.65. The van der Waals surface area contributed by atoms with Gasteiger partial charge in [0, 0.05) is 23.0 Å². The molecule has 208 valence electrons. The van der Waals surface area contributed by atoms with Crippen molar-refractivity contribution < 1.29 is 29.0 Å². The van der Waals surface area contributed by atoms with Crippen LogP contribution in [0.25, 0.3) is 5.76 Å². The molecule has 2 heterocycles. The molecule has 0 spiro atoms. The standard InChI is InChI=1S/C32H34N2O6/c1-6-18-40-31(38)20-11-14-22(15-12-20)34-27(24-10-8-9-17-33-24)26(29(36)30(34)37)28(35)21-13-16-25(39-7-2)23(19-21)32(3,4)5/h8-17,19,27,35H,6-7,18H2,1-5H3/b28-26-. The molecule has 1 aliphatic rings. The maximum Gasteiger partial charge on any atom is 0.338 e. The van der Waals surface area contributed by atoms with Gasteiger partial charge in [-0.25, -0.2) is 4.79 Å². The number of hydrogen-bond donors (Lipinski definition) is 1. The van der Waals surface area contributed by atoms with Crippen molar-refractivity contribution in [2.75, 3.05) is 18.1 Å². The molecule has 1 aromatic heterocycles. The Bertz CT molecular complexity index is 1440. The highest BCUT2D eigenvalue weighted by Crippen LogP contribution is 2.42. The van der Waals surface area contributed by atoms with Crippen LogP contribution in [0, 0.1) is 0 Å². The first-order valence-corrected chi connectivity index (χ1v) is 13.3. The van der Waals surface area contributed by atoms with Crippen LogP contribution in [0.15, 0.2) is 72.4 Å². The molecule has 1 amide bonds. The second kappa shape index (κ2) is 11.7. The van der Waals surface area contributed by atoms with Crippen LogP contribution in [0.2, 0.25) is 0 Å². The summed E-state index contributed by atoms with van der Waals surface area (Å²) in [4.78, 5) is 45.0. The first-order valence-electron chi connectivity index (χ1n) is 13.3. The van der Waals surface area contributed by atoms with E-state index in [1.54, 1.807) is 66.9 Å². The Balaban J connectivity index is 1.84. The first kappa shape index (κ1) is 28.5. The highest BCUT2D eigenvalue weighted by Gasteiger charge is 2.47. The van der Waals surface area contributed by atoms with Crippen LogP contribution < -0.4 is 9.64 Å². The molecule has 0 saturated carbocycles. The second-order valence-corrected chi connectivity index (χ2v) is 10.5. The Morgan fingerprint density at radius 3 is 2.30 bits per heavy atom. The van der Waals surface area contributed by atoms with Gasteiger partial charge in [0.1, 0.15) is 17.6 Å². The zero-order valence-electron chi connectivity index (χ0n) is 23.4. The number of carbonyl (C=O) groups is 3. The van der Waals surface area contributed by atoms with E-state index in [1.807, 2.05) is 34.6 Å². The van der Waals surface area contributed by atoms with Crippen molar-refractivity contribution in [3.05, 3.63) is 94.8 Å². The van der Waals surface area contributed by atoms with Gasteiger partial charge in [-0.05, 0) is 73.4 Å². The van der Waals surface area contributed by atoms with E-state index in [1.165, 1.54) is 4.90 Å². The molecule has 1 N–H and O–H groups in total. The zero-order chi connectivity index (χ0) is 29.0. The largest absolute Gasteiger partial charge is 0.507 e. The fourth-order valence-electron chi connectivity index (χ4n) is 4.65. The van der Waals surface area contributed by atoms with E-state index in [-0.39, 0.29) is 16.7 Å². The molecule has 0 aliphatic carbocycles. The van der Waals surface area contributed by atoms with Crippen LogP contribution in [0.1, 0.15) is 74.3 Å². The number of rotatable bonds is 8. The minimum atomic E-state index is -0.983. The third-order valence-electron chi connectivity index (χ3n) is 6.59. The lowest BCUT2D eigenvalue weighted by atomic mass is 9.84. The van der Waals surface area contributed by atoms with Crippen molar-refractivity contribution in [1.82, 2.24) is 4.98 Å². The van der Waals surface area contributed by atoms with Crippen LogP contribution in [0.5, 0.6) is 5.75 Å². The number of anilines is 1. The van der Waals surface area contributed by atoms with E-state index in [4.69, 9.17) is 9.47 Å². The van der Waals surface area contributed by atoms with E-state index >= 15 is 0 Å². The van der Waals surface area contributed by atoms with Gasteiger partial charge in [-0.2, -0.15) is 0 Å². The average molecular weight is 543 g/mol. The molecule has 40 heavy (non-hydrogen) atoms. The van der Waals surface area contributed by atoms with E-state index in [2.05, 4.69) is 4.98 Å². The number of ketones is 1. The number of Topliss-reactive ketones (excluding diaryl/α,β-unsaturated/α-hetero) is 1. The molecule has 1 aliphatic heterocycles. The zero-order valence-corrected chi connectivity index (χ0v) is 23.4. The molecule has 8 nitrogen and oxygen atoms in total. The van der Waals surface area contributed by atoms with E-state index in [0.717, 1.165) is 5.56 Å². The maximum atomic E-state index is 13.5. The quantitative estimate of drug-likeness (QED) is 0.162. The second-order valence-electron chi connectivity index (χ2n) is 10.5. The van der Waals surface area contributed by atoms with Gasteiger partial charge < -0.3 is 14.6 Å². The molecule has 1 saturated heterocycles. The SMILES string of the molecule is CCCOC(=O)c1ccc(N2C(=O)C(=O)/C(=C(\O)c3ccc(OCC)c(C(C)(C)C)c3)C2c2ccccn2)cc1. The molecule has 3 aromatic rings. The molecular formula is C32H34N2O6. The fraction of sp³-hybridized carbons (Fsp3) is 0.312. The number of benzene rings is 2. The van der Waals surface area contributed by atoms with Gasteiger partial charge in [0.15, 0.2) is 0 Å². The van der Waals surface area contributed by atoms with Gasteiger partial charge in [0.25, 0.3) is 11.7 Å². The van der Waals surface area contributed by atoms with Crippen molar-refractivity contribution in [1.29, 1.82) is 0 Å². The Morgan fingerprint density at radius 2 is 1.70 bits per heavy atom. The Morgan fingerprint density at radius 1 is 1.00 bits per heavy atom. The number of ether oxygens (including phenoxy) is 2. The van der Waals surface area contributed by atoms with E-state index in [0.29, 0.717) is 47.9 Å². The van der Waals surface area contributed by atoms with Gasteiger partial charge in [-0.15, -0.1) is 0 Å². The van der Waals surface area contributed by atoms with Crippen LogP contribution >= 0.6 is 0 Å². The number of esters is 1. The molecule has 0 radical (unpaired) electrons. The summed E-state index contributed by atoms with van der Waals surface area (Å²) >= 11 is 0. The number of amides is 1. The summed E-state index contributed by atoms with van der Waals surface area (Å²) in [6.45, 7) is 10.7. The number of aliphatic hydroxyl groups is 1. The summed E-state index contributed by atoms with van der Waals surface area (Å²) in [6, 6.07) is 15.7. The smallest absolute Gasteiger partial charge is 0.338 e. The van der Waals surface area contributed by atoms with Crippen LogP contribution in [0.4, 0.5) is 5.69 Å². The van der Waals surface area contributed by atoms with E-state index in [9.17, 15) is 19.5 Å². The molecule has 4 rings (SSSR count). The highest BCUT2D eigenvalue weighted by atomic mass is 16.5. The predicted molar refractivity (Wildman–Crippen MR) is 152 cm³/mol. The van der Waals surface area contributed by atoms with Gasteiger partial charge in [0.2, 0.25) is 0 Å². The number of aliphatic hydroxyl groups excluding tert-OH is 1. The maximum absolute atomic E-state index is 13.5. The molecule has 0 bridgehead atoms. The topological polar surface area (TPSA) is 106 Å². The minimum absolute atomic E-state index is 0.0702. The summed E-state index contributed by atoms with van der Waals surface area (Å²) in [5.41, 5.74) is 1.98. The van der Waals surface area contributed by atoms with E-state index < -0.39 is 23.7 Å². The molecule has 1 unspecified atom stereocenters. The highest BCUT2D eigenvalue weighted by molar-refractivity contribution is 6.51. The van der Waals surface area contributed by atoms with Crippen molar-refractivity contribution >= 4 is 29.1 Å². The summed E-state index contributed by atoms with van der Waals surface area (Å²) in [7, 11) is 0. The average Bonchev–Trinajstić information content (AvgIpc) is 3.21. The summed E-state index contributed by atoms with van der Waals surface area (Å²) in [5, 5.41) is 11.6. The van der Waals surface area contributed by atoms with Gasteiger partial charge in [-0.1, -0.05) is 33.8 Å². The summed E-state index contributed by atoms with van der Waals surface area (Å²) in [5.74, 6) is -1.72. The van der Waals surface area contributed by atoms with Crippen LogP contribution in [0.3, 0.4) is 0 Å². The Hall–Kier alpha value is -4.46. The number of nitrogens with zero attached hydrogens (tertiary/aromatic N) is 2. The molecule has 2 aromatic carbocycles. The summed E-state index contributed by atoms with van der Waals surface area (Å²) in [6.07, 6.45) is 2.26. The Kier molecular flexibility index (Phi) is 8.38. The van der Waals surface area contributed by atoms with Gasteiger partial charge in [-0.3, -0.25) is 19.5 Å². The summed E-state index contributed by atoms with van der Waals surface area (Å²) < 4.78 is 11.0. The molecule has 1 atom stereocenters. The third kappa shape index (κ3) is 5.61. The lowest BCUT2D eigenvalue weighted by Gasteiger charge is -2.25. The number of carbonyl (C=O) groups excluding carboxylic acids is 3. The normalized spacial score (nSPS) is 16.7. The van der Waals surface area contributed by atoms with Crippen LogP contribution in [-0.4, -0.2) is 41.0 Å². The van der Waals surface area contributed by atoms with Gasteiger partial charge in [0.05, 0.1) is 30.0 Å². The number of hydrogen-bond acceptors (Lipinski definition) is 7. The van der Waals surface area contributed by atoms with Crippen LogP contribution in [-0.2, 0) is 19.7 Å². The molecule has 8 heteroatoms. The van der Waals surface area contributed by atoms with Crippen molar-refractivity contribution in [3.8, 4) is 5.75 Å². The number of aromatic nitrogens is 1. The van der Waals surface area contributed by atoms with Gasteiger partial charge >= 0.3 is 5.97 Å². The first-order chi connectivity index (χ1) is 19.1. The lowest BCUT2D eigenvalue weighted by molar-refractivity contribution is -0.132. The monoisotopic (exact) mass is 542 g/mol. The number of pyridine rings is 1. The van der Waals surface area contributed by atoms with Crippen molar-refractivity contribution in [2.24, 2.45) is 0 Å². The van der Waals surface area contributed by atoms with Crippen molar-refractivity contribution in [2.45, 2.75) is 52.5 Å². The molecular weight excluding hydrogens is 508 g/mol. The molecule has 1 fully saturated rings. The minimum Gasteiger partial charge on any atom is -0.507 e. The lowest BCUT2D eigenvalue weighted by Crippen LogP contribution is -2.29. The predicted octanol–water partition coefficient (Wildman–Crippen LogP) is 5.97.